The molecule has 0 unspecified atom stereocenters. The summed E-state index contributed by atoms with van der Waals surface area (Å²) in [5.74, 6) is 0.648. The van der Waals surface area contributed by atoms with Crippen molar-refractivity contribution in [2.45, 2.75) is 0 Å². The molecule has 0 saturated carbocycles. The van der Waals surface area contributed by atoms with Crippen LogP contribution < -0.4 is 10.1 Å². The molecule has 1 amide bonds. The van der Waals surface area contributed by atoms with Gasteiger partial charge in [0.05, 0.1) is 17.7 Å². The van der Waals surface area contributed by atoms with Crippen LogP contribution in [-0.2, 0) is 11.8 Å². The van der Waals surface area contributed by atoms with Gasteiger partial charge >= 0.3 is 0 Å². The molecular weight excluding hydrogens is 298 g/mol. The Morgan fingerprint density at radius 2 is 2.05 bits per heavy atom. The highest BCUT2D eigenvalue weighted by atomic mass is 32.2. The molecular formula is C16H15N3O2S. The van der Waals surface area contributed by atoms with E-state index in [0.29, 0.717) is 10.1 Å². The average molecular weight is 313 g/mol. The molecule has 3 rings (SSSR count). The molecule has 1 aliphatic rings. The molecule has 2 heterocycles. The van der Waals surface area contributed by atoms with Crippen molar-refractivity contribution in [1.82, 2.24) is 9.88 Å². The largest absolute Gasteiger partial charge is 0.497 e. The Hall–Kier alpha value is -2.47. The number of hydrogen-bond donors (Lipinski definition) is 1. The predicted octanol–water partition coefficient (Wildman–Crippen LogP) is 2.93. The van der Waals surface area contributed by atoms with Crippen molar-refractivity contribution in [3.63, 3.8) is 0 Å². The molecule has 6 heteroatoms. The first-order chi connectivity index (χ1) is 10.7. The molecule has 0 atom stereocenters. The van der Waals surface area contributed by atoms with E-state index in [-0.39, 0.29) is 5.91 Å². The molecule has 0 aliphatic carbocycles. The average Bonchev–Trinajstić information content (AvgIpc) is 3.07. The van der Waals surface area contributed by atoms with E-state index in [4.69, 9.17) is 4.74 Å². The zero-order valence-electron chi connectivity index (χ0n) is 12.2. The van der Waals surface area contributed by atoms with Gasteiger partial charge in [-0.3, -0.25) is 4.79 Å². The highest BCUT2D eigenvalue weighted by Crippen LogP contribution is 2.28. The summed E-state index contributed by atoms with van der Waals surface area (Å²) in [5, 5.41) is 3.36. The molecule has 0 spiro atoms. The number of benzene rings is 1. The van der Waals surface area contributed by atoms with Crippen molar-refractivity contribution in [3.05, 3.63) is 53.2 Å². The summed E-state index contributed by atoms with van der Waals surface area (Å²) in [5.41, 5.74) is 1.74. The van der Waals surface area contributed by atoms with E-state index in [1.54, 1.807) is 7.11 Å². The second-order valence-electron chi connectivity index (χ2n) is 4.72. The van der Waals surface area contributed by atoms with Crippen molar-refractivity contribution in [2.24, 2.45) is 12.0 Å². The van der Waals surface area contributed by atoms with Crippen LogP contribution in [0.4, 0.5) is 5.69 Å². The Labute approximate surface area is 132 Å². The topological polar surface area (TPSA) is 55.6 Å². The monoisotopic (exact) mass is 313 g/mol. The van der Waals surface area contributed by atoms with Gasteiger partial charge in [-0.25, -0.2) is 4.99 Å². The van der Waals surface area contributed by atoms with Crippen molar-refractivity contribution < 1.29 is 9.53 Å². The summed E-state index contributed by atoms with van der Waals surface area (Å²) >= 11 is 1.34. The lowest BCUT2D eigenvalue weighted by Gasteiger charge is -1.99. The number of amidine groups is 1. The van der Waals surface area contributed by atoms with Crippen LogP contribution in [0.3, 0.4) is 0 Å². The number of carbonyl (C=O) groups is 1. The van der Waals surface area contributed by atoms with Crippen LogP contribution >= 0.6 is 11.8 Å². The van der Waals surface area contributed by atoms with Gasteiger partial charge in [-0.2, -0.15) is 0 Å². The van der Waals surface area contributed by atoms with Crippen molar-refractivity contribution in [2.75, 3.05) is 7.11 Å². The third-order valence-corrected chi connectivity index (χ3v) is 4.13. The summed E-state index contributed by atoms with van der Waals surface area (Å²) < 4.78 is 7.07. The van der Waals surface area contributed by atoms with Crippen molar-refractivity contribution >= 4 is 34.6 Å². The van der Waals surface area contributed by atoms with Crippen LogP contribution in [0.2, 0.25) is 0 Å². The van der Waals surface area contributed by atoms with E-state index in [1.165, 1.54) is 11.8 Å². The van der Waals surface area contributed by atoms with Crippen LogP contribution in [-0.4, -0.2) is 22.8 Å². The number of ether oxygens (including phenoxy) is 1. The van der Waals surface area contributed by atoms with E-state index in [9.17, 15) is 4.79 Å². The SMILES string of the molecule is COc1ccc(N=C2NC(=O)/C(=C\c3cccn3C)S2)cc1. The molecule has 0 bridgehead atoms. The predicted molar refractivity (Wildman–Crippen MR) is 89.2 cm³/mol. The molecule has 2 aromatic rings. The molecule has 1 aromatic heterocycles. The van der Waals surface area contributed by atoms with Crippen LogP contribution in [0.25, 0.3) is 6.08 Å². The summed E-state index contributed by atoms with van der Waals surface area (Å²) in [6.07, 6.45) is 3.80. The van der Waals surface area contributed by atoms with E-state index < -0.39 is 0 Å². The summed E-state index contributed by atoms with van der Waals surface area (Å²) in [6, 6.07) is 11.3. The minimum absolute atomic E-state index is 0.126. The first kappa shape index (κ1) is 14.5. The zero-order chi connectivity index (χ0) is 15.5. The molecule has 1 saturated heterocycles. The standard InChI is InChI=1S/C16H15N3O2S/c1-19-9-3-4-12(19)10-14-15(20)18-16(22-14)17-11-5-7-13(21-2)8-6-11/h3-10H,1-2H3,(H,17,18,20)/b14-10+. The van der Waals surface area contributed by atoms with Crippen LogP contribution in [0.15, 0.2) is 52.5 Å². The van der Waals surface area contributed by atoms with E-state index in [0.717, 1.165) is 17.1 Å². The van der Waals surface area contributed by atoms with Crippen molar-refractivity contribution in [3.8, 4) is 5.75 Å². The number of aliphatic imine (C=N–C) groups is 1. The Morgan fingerprint density at radius 1 is 1.27 bits per heavy atom. The van der Waals surface area contributed by atoms with Crippen LogP contribution in [0.1, 0.15) is 5.69 Å². The first-order valence-electron chi connectivity index (χ1n) is 6.71. The Kier molecular flexibility index (Phi) is 4.02. The number of methoxy groups -OCH3 is 1. The van der Waals surface area contributed by atoms with Crippen molar-refractivity contribution in [1.29, 1.82) is 0 Å². The van der Waals surface area contributed by atoms with Gasteiger partial charge < -0.3 is 14.6 Å². The molecule has 5 nitrogen and oxygen atoms in total. The summed E-state index contributed by atoms with van der Waals surface area (Å²) in [6.45, 7) is 0. The lowest BCUT2D eigenvalue weighted by Crippen LogP contribution is -2.19. The third kappa shape index (κ3) is 3.07. The van der Waals surface area contributed by atoms with E-state index in [2.05, 4.69) is 10.3 Å². The summed E-state index contributed by atoms with van der Waals surface area (Å²) in [7, 11) is 3.56. The number of nitrogens with one attached hydrogen (secondary N) is 1. The van der Waals surface area contributed by atoms with Gasteiger partial charge in [0.2, 0.25) is 0 Å². The number of amides is 1. The van der Waals surface area contributed by atoms with Gasteiger partial charge in [0.25, 0.3) is 5.91 Å². The van der Waals surface area contributed by atoms with Crippen LogP contribution in [0, 0.1) is 0 Å². The van der Waals surface area contributed by atoms with Gasteiger partial charge in [-0.05, 0) is 54.2 Å². The quantitative estimate of drug-likeness (QED) is 0.887. The number of carbonyl (C=O) groups excluding carboxylic acids is 1. The molecule has 22 heavy (non-hydrogen) atoms. The number of aromatic nitrogens is 1. The molecule has 1 fully saturated rings. The second kappa shape index (κ2) is 6.11. The van der Waals surface area contributed by atoms with E-state index >= 15 is 0 Å². The normalized spacial score (nSPS) is 18.0. The Morgan fingerprint density at radius 3 is 2.68 bits per heavy atom. The van der Waals surface area contributed by atoms with Crippen LogP contribution in [0.5, 0.6) is 5.75 Å². The first-order valence-corrected chi connectivity index (χ1v) is 7.52. The number of thioether (sulfide) groups is 1. The van der Waals surface area contributed by atoms with Gasteiger partial charge in [0.1, 0.15) is 5.75 Å². The fourth-order valence-corrected chi connectivity index (χ4v) is 2.84. The molecule has 112 valence electrons. The fraction of sp³-hybridized carbons (Fsp3) is 0.125. The highest BCUT2D eigenvalue weighted by molar-refractivity contribution is 8.18. The van der Waals surface area contributed by atoms with Gasteiger partial charge in [0.15, 0.2) is 5.17 Å². The fourth-order valence-electron chi connectivity index (χ4n) is 2.01. The maximum Gasteiger partial charge on any atom is 0.264 e. The van der Waals surface area contributed by atoms with Gasteiger partial charge in [-0.15, -0.1) is 0 Å². The molecule has 1 N–H and O–H groups in total. The minimum atomic E-state index is -0.126. The molecule has 0 radical (unpaired) electrons. The van der Waals surface area contributed by atoms with Gasteiger partial charge in [0, 0.05) is 18.9 Å². The number of aryl methyl sites for hydroxylation is 1. The number of nitrogens with zero attached hydrogens (tertiary/aromatic N) is 2. The Balaban J connectivity index is 1.80. The third-order valence-electron chi connectivity index (χ3n) is 3.22. The lowest BCUT2D eigenvalue weighted by molar-refractivity contribution is -0.115. The zero-order valence-corrected chi connectivity index (χ0v) is 13.1. The van der Waals surface area contributed by atoms with Gasteiger partial charge in [-0.1, -0.05) is 0 Å². The molecule has 1 aromatic carbocycles. The maximum absolute atomic E-state index is 12.0. The molecule has 1 aliphatic heterocycles. The minimum Gasteiger partial charge on any atom is -0.497 e. The number of rotatable bonds is 3. The number of hydrogen-bond acceptors (Lipinski definition) is 4. The summed E-state index contributed by atoms with van der Waals surface area (Å²) in [4.78, 5) is 17.1. The smallest absolute Gasteiger partial charge is 0.264 e. The maximum atomic E-state index is 12.0. The Bertz CT molecular complexity index is 760. The van der Waals surface area contributed by atoms with E-state index in [1.807, 2.05) is 60.3 Å². The lowest BCUT2D eigenvalue weighted by atomic mass is 10.3. The highest BCUT2D eigenvalue weighted by Gasteiger charge is 2.24. The second-order valence-corrected chi connectivity index (χ2v) is 5.75.